The molecule has 0 saturated heterocycles. The van der Waals surface area contributed by atoms with E-state index in [0.717, 1.165) is 11.1 Å². The first-order chi connectivity index (χ1) is 11.4. The maximum Gasteiger partial charge on any atom is 0.204 e. The Morgan fingerprint density at radius 3 is 1.38 bits per heavy atom. The summed E-state index contributed by atoms with van der Waals surface area (Å²) in [4.78, 5) is 0. The van der Waals surface area contributed by atoms with E-state index < -0.39 is 0 Å². The molecule has 0 spiro atoms. The molecule has 0 radical (unpaired) electrons. The highest BCUT2D eigenvalue weighted by Gasteiger charge is 2.05. The van der Waals surface area contributed by atoms with Crippen LogP contribution in [0.25, 0.3) is 22.8 Å². The van der Waals surface area contributed by atoms with E-state index in [1.165, 1.54) is 0 Å². The lowest BCUT2D eigenvalue weighted by atomic mass is 10.2. The molecule has 2 heterocycles. The highest BCUT2D eigenvalue weighted by molar-refractivity contribution is 5.57. The highest BCUT2D eigenvalue weighted by atomic mass is 16.5. The molecule has 10 heteroatoms. The van der Waals surface area contributed by atoms with Crippen LogP contribution in [-0.4, -0.2) is 46.7 Å². The number of rotatable bonds is 4. The SMILES string of the molecule is O.c1cc(-c2nn[nH]n2)ccc1Oc1ccc(-c2nn[nH]n2)cc1. The van der Waals surface area contributed by atoms with Gasteiger partial charge in [-0.2, -0.15) is 10.4 Å². The van der Waals surface area contributed by atoms with Crippen LogP contribution in [0.15, 0.2) is 48.5 Å². The lowest BCUT2D eigenvalue weighted by Crippen LogP contribution is -1.86. The van der Waals surface area contributed by atoms with Crippen molar-refractivity contribution >= 4 is 0 Å². The predicted molar refractivity (Wildman–Crippen MR) is 82.9 cm³/mol. The third-order valence-electron chi connectivity index (χ3n) is 3.15. The van der Waals surface area contributed by atoms with Crippen molar-refractivity contribution in [2.75, 3.05) is 0 Å². The molecule has 0 aliphatic rings. The summed E-state index contributed by atoms with van der Waals surface area (Å²) >= 11 is 0. The summed E-state index contributed by atoms with van der Waals surface area (Å²) < 4.78 is 5.79. The van der Waals surface area contributed by atoms with Crippen molar-refractivity contribution in [3.05, 3.63) is 48.5 Å². The molecule has 0 unspecified atom stereocenters. The maximum atomic E-state index is 5.79. The van der Waals surface area contributed by atoms with Gasteiger partial charge in [-0.3, -0.25) is 0 Å². The molecule has 24 heavy (non-hydrogen) atoms. The molecule has 2 aromatic carbocycles. The number of nitrogens with one attached hydrogen (secondary N) is 2. The molecule has 0 saturated carbocycles. The smallest absolute Gasteiger partial charge is 0.204 e. The number of hydrogen-bond acceptors (Lipinski definition) is 7. The zero-order valence-corrected chi connectivity index (χ0v) is 12.2. The van der Waals surface area contributed by atoms with Crippen LogP contribution in [0.2, 0.25) is 0 Å². The number of aromatic nitrogens is 8. The summed E-state index contributed by atoms with van der Waals surface area (Å²) in [5.41, 5.74) is 1.72. The normalized spacial score (nSPS) is 10.2. The summed E-state index contributed by atoms with van der Waals surface area (Å²) in [5.74, 6) is 2.51. The van der Waals surface area contributed by atoms with Gasteiger partial charge in [-0.15, -0.1) is 20.4 Å². The van der Waals surface area contributed by atoms with Crippen LogP contribution >= 0.6 is 0 Å². The molecule has 2 aromatic heterocycles. The zero-order chi connectivity index (χ0) is 15.5. The number of H-pyrrole nitrogens is 2. The lowest BCUT2D eigenvalue weighted by Gasteiger charge is -2.06. The van der Waals surface area contributed by atoms with Gasteiger partial charge in [0, 0.05) is 11.1 Å². The molecule has 4 rings (SSSR count). The standard InChI is InChI=1S/C14H10N8O.H2O/c1-5-11(6-2-9(1)13-15-19-20-16-13)23-12-7-3-10(4-8-12)14-17-21-22-18-14;/h1-8H,(H,15,16,19,20)(H,17,18,21,22);1H2. The predicted octanol–water partition coefficient (Wildman–Crippen LogP) is 1.01. The summed E-state index contributed by atoms with van der Waals surface area (Å²) in [6, 6.07) is 14.9. The van der Waals surface area contributed by atoms with Crippen molar-refractivity contribution in [3.63, 3.8) is 0 Å². The van der Waals surface area contributed by atoms with Crippen molar-refractivity contribution in [2.45, 2.75) is 0 Å². The maximum absolute atomic E-state index is 5.79. The fourth-order valence-electron chi connectivity index (χ4n) is 2.05. The molecule has 0 aliphatic carbocycles. The fourth-order valence-corrected chi connectivity index (χ4v) is 2.05. The molecule has 4 aromatic rings. The number of benzene rings is 2. The Morgan fingerprint density at radius 1 is 0.625 bits per heavy atom. The molecule has 0 amide bonds. The van der Waals surface area contributed by atoms with Gasteiger partial charge in [0.1, 0.15) is 11.5 Å². The van der Waals surface area contributed by atoms with Crippen LogP contribution in [-0.2, 0) is 0 Å². The van der Waals surface area contributed by atoms with E-state index in [9.17, 15) is 0 Å². The minimum absolute atomic E-state index is 0. The van der Waals surface area contributed by atoms with Crippen LogP contribution in [0.5, 0.6) is 11.5 Å². The third kappa shape index (κ3) is 3.08. The molecular weight excluding hydrogens is 312 g/mol. The van der Waals surface area contributed by atoms with Gasteiger partial charge in [-0.05, 0) is 59.0 Å². The molecule has 120 valence electrons. The van der Waals surface area contributed by atoms with Crippen molar-refractivity contribution in [1.82, 2.24) is 41.2 Å². The third-order valence-corrected chi connectivity index (χ3v) is 3.15. The second-order valence-electron chi connectivity index (χ2n) is 4.62. The number of nitrogens with zero attached hydrogens (tertiary/aromatic N) is 6. The first-order valence-electron chi connectivity index (χ1n) is 6.74. The molecule has 0 aliphatic heterocycles. The van der Waals surface area contributed by atoms with Gasteiger partial charge in [0.25, 0.3) is 0 Å². The van der Waals surface area contributed by atoms with Gasteiger partial charge in [0.05, 0.1) is 0 Å². The quantitative estimate of drug-likeness (QED) is 0.568. The van der Waals surface area contributed by atoms with Crippen molar-refractivity contribution in [3.8, 4) is 34.3 Å². The van der Waals surface area contributed by atoms with E-state index in [2.05, 4.69) is 41.2 Å². The Hall–Kier alpha value is -3.66. The Labute approximate surface area is 135 Å². The topological polar surface area (TPSA) is 150 Å². The van der Waals surface area contributed by atoms with E-state index in [4.69, 9.17) is 4.74 Å². The largest absolute Gasteiger partial charge is 0.457 e. The first-order valence-corrected chi connectivity index (χ1v) is 6.74. The number of hydrogen-bond donors (Lipinski definition) is 2. The van der Waals surface area contributed by atoms with Gasteiger partial charge >= 0.3 is 0 Å². The highest BCUT2D eigenvalue weighted by Crippen LogP contribution is 2.25. The Bertz CT molecular complexity index is 798. The molecular formula is C14H12N8O2. The van der Waals surface area contributed by atoms with Gasteiger partial charge in [-0.25, -0.2) is 0 Å². The monoisotopic (exact) mass is 324 g/mol. The van der Waals surface area contributed by atoms with Crippen molar-refractivity contribution < 1.29 is 10.2 Å². The van der Waals surface area contributed by atoms with Gasteiger partial charge in [0.15, 0.2) is 0 Å². The fraction of sp³-hybridized carbons (Fsp3) is 0. The van der Waals surface area contributed by atoms with Gasteiger partial charge < -0.3 is 10.2 Å². The Kier molecular flexibility index (Phi) is 4.21. The van der Waals surface area contributed by atoms with Crippen LogP contribution in [0.4, 0.5) is 0 Å². The molecule has 10 nitrogen and oxygen atoms in total. The van der Waals surface area contributed by atoms with E-state index in [-0.39, 0.29) is 5.48 Å². The summed E-state index contributed by atoms with van der Waals surface area (Å²) in [5, 5.41) is 27.6. The van der Waals surface area contributed by atoms with Crippen LogP contribution in [0, 0.1) is 0 Å². The summed E-state index contributed by atoms with van der Waals surface area (Å²) in [6.07, 6.45) is 0. The molecule has 0 atom stereocenters. The van der Waals surface area contributed by atoms with Crippen LogP contribution in [0.1, 0.15) is 0 Å². The average molecular weight is 324 g/mol. The lowest BCUT2D eigenvalue weighted by molar-refractivity contribution is 0.483. The van der Waals surface area contributed by atoms with E-state index in [1.807, 2.05) is 48.5 Å². The average Bonchev–Trinajstić information content (AvgIpc) is 3.30. The van der Waals surface area contributed by atoms with Crippen LogP contribution in [0.3, 0.4) is 0 Å². The minimum Gasteiger partial charge on any atom is -0.457 e. The number of aromatic amines is 2. The summed E-state index contributed by atoms with van der Waals surface area (Å²) in [7, 11) is 0. The molecule has 0 fully saturated rings. The number of tetrazole rings is 2. The van der Waals surface area contributed by atoms with Crippen molar-refractivity contribution in [2.24, 2.45) is 0 Å². The van der Waals surface area contributed by atoms with Gasteiger partial charge in [0.2, 0.25) is 11.6 Å². The second-order valence-corrected chi connectivity index (χ2v) is 4.62. The molecule has 4 N–H and O–H groups in total. The number of ether oxygens (including phenoxy) is 1. The van der Waals surface area contributed by atoms with E-state index in [1.54, 1.807) is 0 Å². The Balaban J connectivity index is 0.00000169. The van der Waals surface area contributed by atoms with E-state index >= 15 is 0 Å². The second kappa shape index (κ2) is 6.62. The van der Waals surface area contributed by atoms with Crippen LogP contribution < -0.4 is 4.74 Å². The Morgan fingerprint density at radius 2 is 1.04 bits per heavy atom. The first kappa shape index (κ1) is 15.2. The minimum atomic E-state index is 0. The molecule has 0 bridgehead atoms. The van der Waals surface area contributed by atoms with E-state index in [0.29, 0.717) is 23.1 Å². The zero-order valence-electron chi connectivity index (χ0n) is 12.2. The van der Waals surface area contributed by atoms with Gasteiger partial charge in [-0.1, -0.05) is 0 Å². The summed E-state index contributed by atoms with van der Waals surface area (Å²) in [6.45, 7) is 0. The van der Waals surface area contributed by atoms with Crippen molar-refractivity contribution in [1.29, 1.82) is 0 Å².